The van der Waals surface area contributed by atoms with E-state index in [0.717, 1.165) is 38.5 Å². The SMILES string of the molecule is [B]C(CC)(CC)CC(CC)(CC)CCC(O)CCOC1OCC(O)C1O. The van der Waals surface area contributed by atoms with Crippen molar-refractivity contribution in [3.8, 4) is 0 Å². The van der Waals surface area contributed by atoms with Gasteiger partial charge in [-0.1, -0.05) is 58.7 Å². The largest absolute Gasteiger partial charge is 0.393 e. The van der Waals surface area contributed by atoms with E-state index in [-0.39, 0.29) is 17.3 Å². The predicted molar refractivity (Wildman–Crippen MR) is 104 cm³/mol. The van der Waals surface area contributed by atoms with Crippen molar-refractivity contribution >= 4 is 7.85 Å². The molecule has 3 N–H and O–H groups in total. The van der Waals surface area contributed by atoms with Gasteiger partial charge in [0.1, 0.15) is 12.2 Å². The molecule has 0 bridgehead atoms. The minimum absolute atomic E-state index is 0.0829. The summed E-state index contributed by atoms with van der Waals surface area (Å²) in [5.74, 6) is 0. The molecular weight excluding hydrogens is 331 g/mol. The van der Waals surface area contributed by atoms with Crippen LogP contribution in [0.15, 0.2) is 0 Å². The highest BCUT2D eigenvalue weighted by Crippen LogP contribution is 2.48. The number of aliphatic hydroxyl groups is 3. The van der Waals surface area contributed by atoms with Gasteiger partial charge in [-0.3, -0.25) is 0 Å². The van der Waals surface area contributed by atoms with Crippen LogP contribution in [0, 0.1) is 5.41 Å². The molecule has 0 aromatic carbocycles. The first-order chi connectivity index (χ1) is 12.2. The zero-order valence-corrected chi connectivity index (χ0v) is 17.1. The Hall–Kier alpha value is -0.135. The van der Waals surface area contributed by atoms with Gasteiger partial charge in [0.2, 0.25) is 0 Å². The van der Waals surface area contributed by atoms with Crippen LogP contribution in [0.3, 0.4) is 0 Å². The highest BCUT2D eigenvalue weighted by atomic mass is 16.7. The number of rotatable bonds is 13. The molecule has 6 heteroatoms. The van der Waals surface area contributed by atoms with Crippen LogP contribution in [0.4, 0.5) is 0 Å². The Bertz CT molecular complexity index is 384. The molecule has 1 saturated heterocycles. The van der Waals surface area contributed by atoms with E-state index in [2.05, 4.69) is 27.7 Å². The van der Waals surface area contributed by atoms with E-state index in [1.807, 2.05) is 0 Å². The van der Waals surface area contributed by atoms with Gasteiger partial charge >= 0.3 is 0 Å². The minimum atomic E-state index is -1.01. The van der Waals surface area contributed by atoms with E-state index in [4.69, 9.17) is 17.3 Å². The summed E-state index contributed by atoms with van der Waals surface area (Å²) < 4.78 is 10.6. The lowest BCUT2D eigenvalue weighted by molar-refractivity contribution is -0.156. The summed E-state index contributed by atoms with van der Waals surface area (Å²) in [5, 5.41) is 29.3. The minimum Gasteiger partial charge on any atom is -0.393 e. The number of hydrogen-bond donors (Lipinski definition) is 3. The van der Waals surface area contributed by atoms with Gasteiger partial charge < -0.3 is 24.8 Å². The van der Waals surface area contributed by atoms with Crippen molar-refractivity contribution in [2.45, 2.75) is 109 Å². The summed E-state index contributed by atoms with van der Waals surface area (Å²) >= 11 is 0. The van der Waals surface area contributed by atoms with Crippen molar-refractivity contribution in [1.29, 1.82) is 0 Å². The fraction of sp³-hybridized carbons (Fsp3) is 1.00. The maximum absolute atomic E-state index is 10.3. The van der Waals surface area contributed by atoms with Crippen LogP contribution < -0.4 is 0 Å². The summed E-state index contributed by atoms with van der Waals surface area (Å²) in [7, 11) is 6.57. The monoisotopic (exact) mass is 370 g/mol. The average molecular weight is 370 g/mol. The van der Waals surface area contributed by atoms with Gasteiger partial charge in [-0.25, -0.2) is 0 Å². The smallest absolute Gasteiger partial charge is 0.186 e. The second-order valence-corrected chi connectivity index (χ2v) is 8.06. The van der Waals surface area contributed by atoms with Crippen LogP contribution in [-0.4, -0.2) is 61.0 Å². The van der Waals surface area contributed by atoms with Gasteiger partial charge in [-0.05, 0) is 31.1 Å². The molecule has 1 fully saturated rings. The normalized spacial score (nSPS) is 25.6. The molecule has 4 atom stereocenters. The molecule has 0 aromatic heterocycles. The zero-order valence-electron chi connectivity index (χ0n) is 17.1. The molecule has 0 spiro atoms. The highest BCUT2D eigenvalue weighted by Gasteiger charge is 2.36. The van der Waals surface area contributed by atoms with Gasteiger partial charge in [0.25, 0.3) is 0 Å². The lowest BCUT2D eigenvalue weighted by Crippen LogP contribution is -2.32. The number of aliphatic hydroxyl groups excluding tert-OH is 3. The molecule has 1 rings (SSSR count). The molecule has 1 heterocycles. The lowest BCUT2D eigenvalue weighted by atomic mass is 9.55. The molecule has 1 aliphatic rings. The van der Waals surface area contributed by atoms with Crippen LogP contribution in [0.2, 0.25) is 5.31 Å². The van der Waals surface area contributed by atoms with Gasteiger partial charge in [-0.15, -0.1) is 0 Å². The van der Waals surface area contributed by atoms with Crippen molar-refractivity contribution in [3.05, 3.63) is 0 Å². The fourth-order valence-corrected chi connectivity index (χ4v) is 3.84. The Morgan fingerprint density at radius 2 is 1.69 bits per heavy atom. The van der Waals surface area contributed by atoms with Crippen LogP contribution >= 0.6 is 0 Å². The molecule has 1 aliphatic heterocycles. The first kappa shape index (κ1) is 23.9. The molecule has 5 nitrogen and oxygen atoms in total. The molecule has 152 valence electrons. The van der Waals surface area contributed by atoms with Gasteiger partial charge in [0.15, 0.2) is 6.29 Å². The molecular formula is C20H39BO5. The Kier molecular flexibility index (Phi) is 10.1. The van der Waals surface area contributed by atoms with Crippen molar-refractivity contribution < 1.29 is 24.8 Å². The van der Waals surface area contributed by atoms with E-state index in [1.54, 1.807) is 0 Å². The van der Waals surface area contributed by atoms with Crippen molar-refractivity contribution in [1.82, 2.24) is 0 Å². The highest BCUT2D eigenvalue weighted by molar-refractivity contribution is 6.15. The lowest BCUT2D eigenvalue weighted by Gasteiger charge is -2.41. The van der Waals surface area contributed by atoms with Crippen LogP contribution in [0.5, 0.6) is 0 Å². The van der Waals surface area contributed by atoms with Gasteiger partial charge in [-0.2, -0.15) is 0 Å². The first-order valence-electron chi connectivity index (χ1n) is 10.3. The standard InChI is InChI=1S/C20H39BO5/c1-5-19(6-2,14-20(21,7-3)8-4)11-9-15(22)10-12-25-18-17(24)16(23)13-26-18/h15-18,22-24H,5-14H2,1-4H3. The topological polar surface area (TPSA) is 79.2 Å². The first-order valence-corrected chi connectivity index (χ1v) is 10.3. The van der Waals surface area contributed by atoms with Crippen molar-refractivity contribution in [2.24, 2.45) is 5.41 Å². The number of hydrogen-bond acceptors (Lipinski definition) is 5. The van der Waals surface area contributed by atoms with E-state index in [1.165, 1.54) is 0 Å². The second-order valence-electron chi connectivity index (χ2n) is 8.06. The maximum atomic E-state index is 10.3. The molecule has 26 heavy (non-hydrogen) atoms. The van der Waals surface area contributed by atoms with Crippen molar-refractivity contribution in [3.63, 3.8) is 0 Å². The summed E-state index contributed by atoms with van der Waals surface area (Å²) in [4.78, 5) is 0. The molecule has 0 saturated carbocycles. The van der Waals surface area contributed by atoms with Crippen LogP contribution in [0.1, 0.15) is 79.1 Å². The summed E-state index contributed by atoms with van der Waals surface area (Å²) in [5.41, 5.74) is 0.164. The third kappa shape index (κ3) is 6.79. The third-order valence-electron chi connectivity index (χ3n) is 6.48. The van der Waals surface area contributed by atoms with E-state index in [9.17, 15) is 15.3 Å². The van der Waals surface area contributed by atoms with E-state index in [0.29, 0.717) is 19.4 Å². The predicted octanol–water partition coefficient (Wildman–Crippen LogP) is 2.96. The Labute approximate surface area is 160 Å². The summed E-state index contributed by atoms with van der Waals surface area (Å²) in [6.07, 6.45) is 4.04. The summed E-state index contributed by atoms with van der Waals surface area (Å²) in [6, 6.07) is 0. The average Bonchev–Trinajstić information content (AvgIpc) is 2.97. The van der Waals surface area contributed by atoms with Gasteiger partial charge in [0, 0.05) is 0 Å². The molecule has 0 amide bonds. The summed E-state index contributed by atoms with van der Waals surface area (Å²) in [6.45, 7) is 9.12. The van der Waals surface area contributed by atoms with E-state index >= 15 is 0 Å². The molecule has 4 unspecified atom stereocenters. The molecule has 0 aromatic rings. The Morgan fingerprint density at radius 3 is 2.15 bits per heavy atom. The zero-order chi connectivity index (χ0) is 19.8. The Balaban J connectivity index is 2.42. The third-order valence-corrected chi connectivity index (χ3v) is 6.48. The molecule has 2 radical (unpaired) electrons. The fourth-order valence-electron chi connectivity index (χ4n) is 3.84. The second kappa shape index (κ2) is 11.0. The van der Waals surface area contributed by atoms with Crippen LogP contribution in [-0.2, 0) is 9.47 Å². The maximum Gasteiger partial charge on any atom is 0.186 e. The quantitative estimate of drug-likeness (QED) is 0.435. The molecule has 0 aliphatic carbocycles. The van der Waals surface area contributed by atoms with E-state index < -0.39 is 24.6 Å². The van der Waals surface area contributed by atoms with Crippen LogP contribution in [0.25, 0.3) is 0 Å². The number of ether oxygens (including phenoxy) is 2. The Morgan fingerprint density at radius 1 is 1.08 bits per heavy atom. The van der Waals surface area contributed by atoms with Crippen molar-refractivity contribution in [2.75, 3.05) is 13.2 Å². The van der Waals surface area contributed by atoms with Gasteiger partial charge in [0.05, 0.1) is 27.2 Å².